The summed E-state index contributed by atoms with van der Waals surface area (Å²) in [6.07, 6.45) is 1.89. The summed E-state index contributed by atoms with van der Waals surface area (Å²) < 4.78 is 6.19. The number of nitrogens with two attached hydrogens (primary N) is 1. The topological polar surface area (TPSA) is 105 Å². The maximum absolute atomic E-state index is 13.1. The number of benzene rings is 1. The lowest BCUT2D eigenvalue weighted by atomic mass is 9.76. The monoisotopic (exact) mass is 439 g/mol. The number of carbonyl (C=O) groups excluding carboxylic acids is 1. The molecule has 2 aromatic rings. The predicted molar refractivity (Wildman–Crippen MR) is 117 cm³/mol. The van der Waals surface area contributed by atoms with Crippen LogP contribution in [0.5, 0.6) is 5.75 Å². The maximum atomic E-state index is 13.1. The highest BCUT2D eigenvalue weighted by Gasteiger charge is 2.41. The van der Waals surface area contributed by atoms with Crippen molar-refractivity contribution in [2.24, 2.45) is 5.73 Å². The summed E-state index contributed by atoms with van der Waals surface area (Å²) in [7, 11) is 1.59. The summed E-state index contributed by atoms with van der Waals surface area (Å²) in [5.74, 6) is 1.39. The summed E-state index contributed by atoms with van der Waals surface area (Å²) in [5, 5.41) is 19.2. The first kappa shape index (κ1) is 20.4. The van der Waals surface area contributed by atoms with Gasteiger partial charge in [0.05, 0.1) is 24.7 Å². The lowest BCUT2D eigenvalue weighted by Crippen LogP contribution is -2.38. The number of nitrogens with zero attached hydrogens (tertiary/aromatic N) is 4. The minimum absolute atomic E-state index is 0.0435. The van der Waals surface area contributed by atoms with Gasteiger partial charge in [-0.1, -0.05) is 42.2 Å². The molecule has 1 aromatic carbocycles. The summed E-state index contributed by atoms with van der Waals surface area (Å²) in [6, 6.07) is 9.72. The van der Waals surface area contributed by atoms with Gasteiger partial charge in [0.2, 0.25) is 5.13 Å². The van der Waals surface area contributed by atoms with Crippen LogP contribution in [0.3, 0.4) is 0 Å². The molecule has 1 aromatic heterocycles. The van der Waals surface area contributed by atoms with Crippen LogP contribution in [0.4, 0.5) is 5.13 Å². The average Bonchev–Trinajstić information content (AvgIpc) is 3.21. The van der Waals surface area contributed by atoms with Crippen molar-refractivity contribution in [2.45, 2.75) is 36.4 Å². The Bertz CT molecular complexity index is 1100. The fourth-order valence-electron chi connectivity index (χ4n) is 3.93. The van der Waals surface area contributed by atoms with Crippen LogP contribution >= 0.6 is 23.1 Å². The summed E-state index contributed by atoms with van der Waals surface area (Å²) in [5.41, 5.74) is 9.14. The molecule has 0 saturated carbocycles. The zero-order valence-corrected chi connectivity index (χ0v) is 18.3. The molecule has 1 unspecified atom stereocenters. The minimum atomic E-state index is -0.512. The number of aromatic nitrogens is 2. The number of methoxy groups -OCH3 is 1. The first-order valence-electron chi connectivity index (χ1n) is 9.65. The first-order chi connectivity index (χ1) is 14.6. The molecule has 0 spiro atoms. The van der Waals surface area contributed by atoms with Crippen molar-refractivity contribution < 1.29 is 9.53 Å². The molecule has 9 heteroatoms. The Morgan fingerprint density at radius 2 is 2.23 bits per heavy atom. The van der Waals surface area contributed by atoms with Gasteiger partial charge in [0.25, 0.3) is 0 Å². The van der Waals surface area contributed by atoms with Crippen LogP contribution in [0.25, 0.3) is 0 Å². The molecular formula is C21H21N5O2S2. The second-order valence-electron chi connectivity index (χ2n) is 6.88. The number of ether oxygens (including phenoxy) is 1. The van der Waals surface area contributed by atoms with E-state index in [1.54, 1.807) is 23.8 Å². The Balaban J connectivity index is 1.90. The van der Waals surface area contributed by atoms with E-state index in [-0.39, 0.29) is 5.78 Å². The molecule has 1 aliphatic carbocycles. The van der Waals surface area contributed by atoms with Gasteiger partial charge < -0.3 is 10.5 Å². The number of thioether (sulfide) groups is 1. The highest BCUT2D eigenvalue weighted by molar-refractivity contribution is 8.01. The normalized spacial score (nSPS) is 19.0. The molecule has 0 radical (unpaired) electrons. The van der Waals surface area contributed by atoms with E-state index in [1.807, 2.05) is 31.2 Å². The van der Waals surface area contributed by atoms with Gasteiger partial charge >= 0.3 is 0 Å². The van der Waals surface area contributed by atoms with Crippen LogP contribution in [0.1, 0.15) is 37.7 Å². The van der Waals surface area contributed by atoms with Crippen molar-refractivity contribution in [2.75, 3.05) is 17.8 Å². The van der Waals surface area contributed by atoms with Crippen LogP contribution in [-0.4, -0.2) is 28.8 Å². The molecule has 154 valence electrons. The number of carbonyl (C=O) groups is 1. The molecule has 4 rings (SSSR count). The van der Waals surface area contributed by atoms with Crippen molar-refractivity contribution in [3.8, 4) is 11.8 Å². The molecule has 0 bridgehead atoms. The van der Waals surface area contributed by atoms with Crippen LogP contribution in [0.15, 0.2) is 51.3 Å². The third kappa shape index (κ3) is 3.46. The quantitative estimate of drug-likeness (QED) is 0.698. The van der Waals surface area contributed by atoms with E-state index in [1.165, 1.54) is 11.3 Å². The van der Waals surface area contributed by atoms with Crippen LogP contribution < -0.4 is 15.4 Å². The number of hydrogen-bond donors (Lipinski definition) is 1. The van der Waals surface area contributed by atoms with Gasteiger partial charge in [-0.05, 0) is 36.3 Å². The highest BCUT2D eigenvalue weighted by Crippen LogP contribution is 2.47. The molecular weight excluding hydrogens is 418 g/mol. The Morgan fingerprint density at radius 1 is 1.40 bits per heavy atom. The molecule has 0 fully saturated rings. The number of hydrogen-bond acceptors (Lipinski definition) is 9. The lowest BCUT2D eigenvalue weighted by Gasteiger charge is -2.38. The molecule has 0 amide bonds. The van der Waals surface area contributed by atoms with Crippen molar-refractivity contribution in [1.82, 2.24) is 10.2 Å². The largest absolute Gasteiger partial charge is 0.497 e. The van der Waals surface area contributed by atoms with E-state index in [4.69, 9.17) is 10.5 Å². The number of allylic oxidation sites excluding steroid dienone is 3. The summed E-state index contributed by atoms with van der Waals surface area (Å²) in [6.45, 7) is 2.05. The zero-order chi connectivity index (χ0) is 21.3. The van der Waals surface area contributed by atoms with Gasteiger partial charge in [-0.3, -0.25) is 9.69 Å². The van der Waals surface area contributed by atoms with Crippen molar-refractivity contribution in [3.05, 3.63) is 52.5 Å². The fraction of sp³-hybridized carbons (Fsp3) is 0.333. The minimum Gasteiger partial charge on any atom is -0.497 e. The number of rotatable bonds is 5. The van der Waals surface area contributed by atoms with Gasteiger partial charge in [0.1, 0.15) is 11.6 Å². The van der Waals surface area contributed by atoms with Crippen molar-refractivity contribution >= 4 is 34.0 Å². The number of nitriles is 1. The standard InChI is InChI=1S/C21H21N5O2S2/c1-3-29-21-25-24-20(30-21)26-15-8-5-9-16(27)18(15)17(14(11-22)19(26)23)12-6-4-7-13(10-12)28-2/h4,6-7,10,17H,3,5,8-9,23H2,1-2H3. The molecule has 30 heavy (non-hydrogen) atoms. The maximum Gasteiger partial charge on any atom is 0.219 e. The molecule has 2 heterocycles. The third-order valence-electron chi connectivity index (χ3n) is 5.20. The molecule has 2 aliphatic rings. The third-order valence-corrected chi connectivity index (χ3v) is 7.12. The summed E-state index contributed by atoms with van der Waals surface area (Å²) in [4.78, 5) is 14.9. The van der Waals surface area contributed by atoms with E-state index < -0.39 is 5.92 Å². The van der Waals surface area contributed by atoms with Crippen LogP contribution in [-0.2, 0) is 4.79 Å². The van der Waals surface area contributed by atoms with Crippen LogP contribution in [0, 0.1) is 11.3 Å². The predicted octanol–water partition coefficient (Wildman–Crippen LogP) is 3.96. The Labute approximate surface area is 183 Å². The molecule has 2 N–H and O–H groups in total. The molecule has 7 nitrogen and oxygen atoms in total. The van der Waals surface area contributed by atoms with E-state index >= 15 is 0 Å². The Morgan fingerprint density at radius 3 is 2.97 bits per heavy atom. The second kappa shape index (κ2) is 8.50. The smallest absolute Gasteiger partial charge is 0.219 e. The lowest BCUT2D eigenvalue weighted by molar-refractivity contribution is -0.116. The zero-order valence-electron chi connectivity index (χ0n) is 16.7. The number of ketones is 1. The van der Waals surface area contributed by atoms with E-state index in [9.17, 15) is 10.1 Å². The number of anilines is 1. The van der Waals surface area contributed by atoms with Gasteiger partial charge in [0.15, 0.2) is 10.1 Å². The van der Waals surface area contributed by atoms with E-state index in [0.717, 1.165) is 27.8 Å². The Kier molecular flexibility index (Phi) is 5.79. The fourth-order valence-corrected chi connectivity index (χ4v) is 5.71. The SMILES string of the molecule is CCSc1nnc(N2C(N)=C(C#N)C(c3cccc(OC)c3)C3=C2CCCC3=O)s1. The second-order valence-corrected chi connectivity index (χ2v) is 9.34. The Hall–Kier alpha value is -2.83. The molecule has 1 aliphatic heterocycles. The van der Waals surface area contributed by atoms with Gasteiger partial charge in [-0.25, -0.2) is 0 Å². The first-order valence-corrected chi connectivity index (χ1v) is 11.5. The van der Waals surface area contributed by atoms with E-state index in [0.29, 0.717) is 40.7 Å². The molecule has 1 atom stereocenters. The highest BCUT2D eigenvalue weighted by atomic mass is 32.2. The van der Waals surface area contributed by atoms with Crippen molar-refractivity contribution in [3.63, 3.8) is 0 Å². The van der Waals surface area contributed by atoms with Crippen molar-refractivity contribution in [1.29, 1.82) is 5.26 Å². The average molecular weight is 440 g/mol. The van der Waals surface area contributed by atoms with Gasteiger partial charge in [-0.2, -0.15) is 5.26 Å². The number of Topliss-reactive ketones (excluding diaryl/α,β-unsaturated/α-hetero) is 1. The van der Waals surface area contributed by atoms with Crippen LogP contribution in [0.2, 0.25) is 0 Å². The van der Waals surface area contributed by atoms with Gasteiger partial charge in [0, 0.05) is 17.7 Å². The summed E-state index contributed by atoms with van der Waals surface area (Å²) >= 11 is 3.02. The molecule has 0 saturated heterocycles. The van der Waals surface area contributed by atoms with Gasteiger partial charge in [-0.15, -0.1) is 10.2 Å². The van der Waals surface area contributed by atoms with E-state index in [2.05, 4.69) is 16.3 Å².